The highest BCUT2D eigenvalue weighted by atomic mass is 16.6. The summed E-state index contributed by atoms with van der Waals surface area (Å²) in [5, 5.41) is 28.8. The fourth-order valence-corrected chi connectivity index (χ4v) is 7.38. The quantitative estimate of drug-likeness (QED) is 0.176. The van der Waals surface area contributed by atoms with Crippen LogP contribution in [0.2, 0.25) is 0 Å². The lowest BCUT2D eigenvalue weighted by molar-refractivity contribution is -0.128. The highest BCUT2D eigenvalue weighted by Crippen LogP contribution is 2.53. The lowest BCUT2D eigenvalue weighted by atomic mass is 9.80. The van der Waals surface area contributed by atoms with Crippen LogP contribution < -0.4 is 10.6 Å². The van der Waals surface area contributed by atoms with Gasteiger partial charge in [-0.25, -0.2) is 4.79 Å². The number of hydrogen-bond acceptors (Lipinski definition) is 7. The zero-order valence-electron chi connectivity index (χ0n) is 31.0. The van der Waals surface area contributed by atoms with E-state index in [0.717, 1.165) is 68.3 Å². The van der Waals surface area contributed by atoms with Crippen LogP contribution in [0.4, 0.5) is 4.79 Å². The molecule has 1 saturated heterocycles. The van der Waals surface area contributed by atoms with Crippen molar-refractivity contribution in [3.05, 3.63) is 35.5 Å². The highest BCUT2D eigenvalue weighted by Gasteiger charge is 2.55. The van der Waals surface area contributed by atoms with Crippen molar-refractivity contribution in [1.29, 1.82) is 5.26 Å². The third-order valence-corrected chi connectivity index (χ3v) is 10.6. The fraction of sp³-hybridized carbons (Fsp3) is 0.718. The number of amides is 2. The van der Waals surface area contributed by atoms with Crippen molar-refractivity contribution >= 4 is 22.9 Å². The predicted octanol–water partition coefficient (Wildman–Crippen LogP) is 6.36. The number of fused-ring (bicyclic) bond motifs is 1. The van der Waals surface area contributed by atoms with Gasteiger partial charge in [0, 0.05) is 62.5 Å². The van der Waals surface area contributed by atoms with E-state index in [4.69, 9.17) is 14.2 Å². The molecular weight excluding hydrogens is 620 g/mol. The summed E-state index contributed by atoms with van der Waals surface area (Å²) in [6.45, 7) is 16.7. The maximum atomic E-state index is 13.6. The Labute approximate surface area is 293 Å². The van der Waals surface area contributed by atoms with E-state index in [0.29, 0.717) is 18.6 Å². The molecule has 4 rings (SSSR count). The molecule has 272 valence electrons. The van der Waals surface area contributed by atoms with Gasteiger partial charge in [-0.2, -0.15) is 5.26 Å². The van der Waals surface area contributed by atoms with Gasteiger partial charge in [0.2, 0.25) is 5.91 Å². The molecule has 2 aliphatic rings. The number of carbonyl (C=O) groups is 2. The largest absolute Gasteiger partial charge is 0.444 e. The fourth-order valence-electron chi connectivity index (χ4n) is 7.38. The second-order valence-electron chi connectivity index (χ2n) is 16.1. The standard InChI is InChI=1S/C39H60N4O6/c1-25(2)28(18-27-10-11-30-29(23-40)24-43(33(30)19-27)14-9-15-47-8)20-32(41-37(46)49-38(5,6)7)34(44)21-31(26(3)4)36(45)42-35-22-39(35)12-16-48-17-13-39/h10-11,19,24-26,28,31-32,34-35,44H,9,12-18,20-22H2,1-8H3,(H,41,46)(H,42,45)/t28?,31?,32?,34?,35-/m1/s1. The lowest BCUT2D eigenvalue weighted by Gasteiger charge is -2.33. The van der Waals surface area contributed by atoms with Crippen molar-refractivity contribution in [2.75, 3.05) is 26.9 Å². The van der Waals surface area contributed by atoms with Gasteiger partial charge in [0.15, 0.2) is 0 Å². The van der Waals surface area contributed by atoms with Gasteiger partial charge in [-0.05, 0) is 101 Å². The third-order valence-electron chi connectivity index (χ3n) is 10.6. The summed E-state index contributed by atoms with van der Waals surface area (Å²) in [5.41, 5.74) is 2.25. The molecule has 5 atom stereocenters. The molecule has 2 heterocycles. The van der Waals surface area contributed by atoms with Gasteiger partial charge in [-0.1, -0.05) is 39.8 Å². The number of benzene rings is 1. The molecule has 1 aromatic heterocycles. The maximum absolute atomic E-state index is 13.6. The molecule has 4 unspecified atom stereocenters. The number of nitrogens with zero attached hydrogens (tertiary/aromatic N) is 2. The van der Waals surface area contributed by atoms with Gasteiger partial charge in [-0.15, -0.1) is 0 Å². The highest BCUT2D eigenvalue weighted by molar-refractivity contribution is 5.87. The van der Waals surface area contributed by atoms with Crippen molar-refractivity contribution in [2.24, 2.45) is 29.1 Å². The van der Waals surface area contributed by atoms with Crippen LogP contribution in [0.1, 0.15) is 98.1 Å². The number of nitriles is 1. The zero-order chi connectivity index (χ0) is 35.9. The molecule has 2 aromatic rings. The van der Waals surface area contributed by atoms with Crippen LogP contribution in [0.5, 0.6) is 0 Å². The number of ether oxygens (including phenoxy) is 3. The summed E-state index contributed by atoms with van der Waals surface area (Å²) in [5.74, 6) is -0.0884. The Morgan fingerprint density at radius 3 is 2.47 bits per heavy atom. The van der Waals surface area contributed by atoms with Gasteiger partial charge in [0.05, 0.1) is 17.7 Å². The first kappa shape index (κ1) is 38.7. The van der Waals surface area contributed by atoms with E-state index in [1.54, 1.807) is 7.11 Å². The van der Waals surface area contributed by atoms with Gasteiger partial charge in [0.1, 0.15) is 11.7 Å². The van der Waals surface area contributed by atoms with E-state index in [9.17, 15) is 20.0 Å². The molecule has 0 radical (unpaired) electrons. The first-order chi connectivity index (χ1) is 23.2. The van der Waals surface area contributed by atoms with E-state index in [-0.39, 0.29) is 41.5 Å². The van der Waals surface area contributed by atoms with E-state index < -0.39 is 29.8 Å². The minimum absolute atomic E-state index is 0.00673. The van der Waals surface area contributed by atoms with Crippen LogP contribution in [0.15, 0.2) is 24.4 Å². The van der Waals surface area contributed by atoms with E-state index >= 15 is 0 Å². The van der Waals surface area contributed by atoms with Crippen molar-refractivity contribution in [2.45, 2.75) is 124 Å². The Morgan fingerprint density at radius 2 is 1.86 bits per heavy atom. The van der Waals surface area contributed by atoms with Crippen LogP contribution in [0.3, 0.4) is 0 Å². The number of hydrogen-bond donors (Lipinski definition) is 3. The molecule has 2 fully saturated rings. The Hall–Kier alpha value is -3.13. The average molecular weight is 681 g/mol. The van der Waals surface area contributed by atoms with Gasteiger partial charge in [0.25, 0.3) is 0 Å². The lowest BCUT2D eigenvalue weighted by Crippen LogP contribution is -2.49. The molecule has 3 N–H and O–H groups in total. The van der Waals surface area contributed by atoms with E-state index in [1.165, 1.54) is 0 Å². The molecule has 1 aliphatic carbocycles. The minimum Gasteiger partial charge on any atom is -0.444 e. The number of nitrogens with one attached hydrogen (secondary N) is 2. The first-order valence-corrected chi connectivity index (χ1v) is 18.2. The van der Waals surface area contributed by atoms with Crippen molar-refractivity contribution < 1.29 is 28.9 Å². The number of carbonyl (C=O) groups excluding carboxylic acids is 2. The Balaban J connectivity index is 1.52. The molecule has 2 amide bonds. The monoisotopic (exact) mass is 680 g/mol. The average Bonchev–Trinajstić information content (AvgIpc) is 3.54. The normalized spacial score (nSPS) is 19.8. The number of methoxy groups -OCH3 is 1. The molecule has 1 spiro atoms. The molecular formula is C39H60N4O6. The summed E-state index contributed by atoms with van der Waals surface area (Å²) < 4.78 is 18.6. The van der Waals surface area contributed by atoms with Crippen molar-refractivity contribution in [3.63, 3.8) is 0 Å². The molecule has 1 aliphatic heterocycles. The first-order valence-electron chi connectivity index (χ1n) is 18.2. The molecule has 49 heavy (non-hydrogen) atoms. The predicted molar refractivity (Wildman–Crippen MR) is 191 cm³/mol. The van der Waals surface area contributed by atoms with Crippen LogP contribution in [-0.4, -0.2) is 72.4 Å². The second-order valence-corrected chi connectivity index (χ2v) is 16.1. The van der Waals surface area contributed by atoms with E-state index in [2.05, 4.69) is 47.3 Å². The topological polar surface area (TPSA) is 135 Å². The molecule has 1 aromatic carbocycles. The molecule has 10 nitrogen and oxygen atoms in total. The summed E-state index contributed by atoms with van der Waals surface area (Å²) >= 11 is 0. The SMILES string of the molecule is COCCCn1cc(C#N)c2ccc(CC(CC(NC(=O)OC(C)(C)C)C(O)CC(C(=O)N[C@@H]3CC34CCOCC4)C(C)C)C(C)C)cc21. The van der Waals surface area contributed by atoms with Crippen LogP contribution in [0.25, 0.3) is 10.9 Å². The summed E-state index contributed by atoms with van der Waals surface area (Å²) in [6.07, 6.45) is 5.60. The molecule has 0 bridgehead atoms. The number of aryl methyl sites for hydroxylation is 1. The summed E-state index contributed by atoms with van der Waals surface area (Å²) in [6, 6.07) is 8.12. The van der Waals surface area contributed by atoms with Gasteiger partial charge >= 0.3 is 6.09 Å². The minimum atomic E-state index is -0.957. The number of alkyl carbamates (subject to hydrolysis) is 1. The van der Waals surface area contributed by atoms with Gasteiger partial charge in [-0.3, -0.25) is 4.79 Å². The van der Waals surface area contributed by atoms with Crippen LogP contribution >= 0.6 is 0 Å². The number of aliphatic hydroxyl groups excluding tert-OH is 1. The second kappa shape index (κ2) is 16.7. The zero-order valence-corrected chi connectivity index (χ0v) is 31.0. The Bertz CT molecular complexity index is 1450. The van der Waals surface area contributed by atoms with Crippen LogP contribution in [0, 0.1) is 40.4 Å². The van der Waals surface area contributed by atoms with Crippen LogP contribution in [-0.2, 0) is 32.0 Å². The maximum Gasteiger partial charge on any atom is 0.407 e. The number of rotatable bonds is 16. The number of aliphatic hydroxyl groups is 1. The third kappa shape index (κ3) is 10.4. The van der Waals surface area contributed by atoms with Crippen molar-refractivity contribution in [3.8, 4) is 6.07 Å². The number of aromatic nitrogens is 1. The molecule has 1 saturated carbocycles. The summed E-state index contributed by atoms with van der Waals surface area (Å²) in [4.78, 5) is 26.8. The van der Waals surface area contributed by atoms with Crippen molar-refractivity contribution in [1.82, 2.24) is 15.2 Å². The Morgan fingerprint density at radius 1 is 1.14 bits per heavy atom. The van der Waals surface area contributed by atoms with Gasteiger partial charge < -0.3 is 34.5 Å². The van der Waals surface area contributed by atoms with E-state index in [1.807, 2.05) is 46.9 Å². The smallest absolute Gasteiger partial charge is 0.407 e. The molecule has 10 heteroatoms. The summed E-state index contributed by atoms with van der Waals surface area (Å²) in [7, 11) is 1.69. The Kier molecular flexibility index (Phi) is 13.2.